The van der Waals surface area contributed by atoms with Crippen molar-refractivity contribution >= 4 is 44.6 Å². The van der Waals surface area contributed by atoms with E-state index < -0.39 is 0 Å². The van der Waals surface area contributed by atoms with Gasteiger partial charge >= 0.3 is 0 Å². The van der Waals surface area contributed by atoms with Crippen molar-refractivity contribution in [2.24, 2.45) is 9.98 Å². The van der Waals surface area contributed by atoms with Crippen LogP contribution < -0.4 is 9.47 Å². The minimum Gasteiger partial charge on any atom is -0.461 e. The highest BCUT2D eigenvalue weighted by Gasteiger charge is 2.38. The Morgan fingerprint density at radius 3 is 2.16 bits per heavy atom. The molecule has 0 fully saturated rings. The molecule has 3 heterocycles. The molecule has 3 atom stereocenters. The van der Waals surface area contributed by atoms with Gasteiger partial charge in [0.1, 0.15) is 23.0 Å². The van der Waals surface area contributed by atoms with Gasteiger partial charge in [-0.25, -0.2) is 9.98 Å². The molecule has 70 heavy (non-hydrogen) atoms. The zero-order chi connectivity index (χ0) is 46.7. The number of rotatable bonds is 8. The predicted molar refractivity (Wildman–Crippen MR) is 288 cm³/mol. The molecule has 5 heteroatoms. The summed E-state index contributed by atoms with van der Waals surface area (Å²) in [5.41, 5.74) is 16.6. The average molecular weight is 904 g/mol. The molecule has 7 aromatic carbocycles. The molecule has 336 valence electrons. The first-order valence-corrected chi connectivity index (χ1v) is 24.4. The molecule has 1 aromatic heterocycles. The van der Waals surface area contributed by atoms with Crippen molar-refractivity contribution in [1.29, 1.82) is 0 Å². The Kier molecular flexibility index (Phi) is 10.2. The molecule has 0 radical (unpaired) electrons. The van der Waals surface area contributed by atoms with Gasteiger partial charge in [-0.3, -0.25) is 0 Å². The first-order valence-electron chi connectivity index (χ1n) is 24.4. The summed E-state index contributed by atoms with van der Waals surface area (Å²) in [6.07, 6.45) is 20.6. The number of benzene rings is 7. The van der Waals surface area contributed by atoms with Gasteiger partial charge in [0.2, 0.25) is 0 Å². The zero-order valence-corrected chi connectivity index (χ0v) is 38.9. The average Bonchev–Trinajstić information content (AvgIpc) is 4.10. The van der Waals surface area contributed by atoms with Crippen LogP contribution in [-0.2, 0) is 0 Å². The van der Waals surface area contributed by atoms with Gasteiger partial charge in [0, 0.05) is 50.7 Å². The molecule has 0 saturated heterocycles. The number of nitrogens with zero attached hydrogens (tertiary/aromatic N) is 3. The van der Waals surface area contributed by atoms with Gasteiger partial charge in [-0.15, -0.1) is 0 Å². The number of ether oxygens (including phenoxy) is 2. The second kappa shape index (κ2) is 17.2. The SMILES string of the molecule is C=C(N=C(N=C(C)C1=CCCC=C1)c1ccccc1)c1cccc(C2C=CC=C3Oc4ccc(-c5ccc6c(c5)c5cc(C7=CC=C8Oc9ccccc9C8C7)ccc5n6-c5ccccc5)cc4C32)c1. The van der Waals surface area contributed by atoms with E-state index in [1.807, 2.05) is 18.2 Å². The number of aromatic nitrogens is 1. The fourth-order valence-electron chi connectivity index (χ4n) is 11.1. The van der Waals surface area contributed by atoms with Crippen LogP contribution in [0.15, 0.2) is 246 Å². The highest BCUT2D eigenvalue weighted by molar-refractivity contribution is 6.14. The summed E-state index contributed by atoms with van der Waals surface area (Å²) in [6.45, 7) is 6.56. The number of para-hydroxylation sites is 2. The molecule has 5 aliphatic rings. The molecule has 0 spiro atoms. The lowest BCUT2D eigenvalue weighted by Crippen LogP contribution is -2.12. The number of amidine groups is 1. The van der Waals surface area contributed by atoms with Crippen molar-refractivity contribution < 1.29 is 9.47 Å². The van der Waals surface area contributed by atoms with Crippen LogP contribution in [0, 0.1) is 0 Å². The van der Waals surface area contributed by atoms with E-state index in [1.165, 1.54) is 49.6 Å². The fraction of sp³-hybridized carbons (Fsp3) is 0.108. The van der Waals surface area contributed by atoms with E-state index in [4.69, 9.17) is 19.5 Å². The molecule has 0 bridgehead atoms. The quantitative estimate of drug-likeness (QED) is 0.113. The molecular formula is C65H49N3O2. The third-order valence-corrected chi connectivity index (χ3v) is 14.6. The smallest absolute Gasteiger partial charge is 0.160 e. The first-order chi connectivity index (χ1) is 34.5. The van der Waals surface area contributed by atoms with Crippen molar-refractivity contribution in [3.05, 3.63) is 269 Å². The summed E-state index contributed by atoms with van der Waals surface area (Å²) in [5.74, 6) is 4.81. The highest BCUT2D eigenvalue weighted by Crippen LogP contribution is 2.52. The largest absolute Gasteiger partial charge is 0.461 e. The van der Waals surface area contributed by atoms with E-state index in [-0.39, 0.29) is 17.8 Å². The monoisotopic (exact) mass is 903 g/mol. The van der Waals surface area contributed by atoms with Crippen LogP contribution in [0.25, 0.3) is 49.9 Å². The Morgan fingerprint density at radius 2 is 1.33 bits per heavy atom. The van der Waals surface area contributed by atoms with Crippen molar-refractivity contribution in [3.8, 4) is 28.3 Å². The van der Waals surface area contributed by atoms with Crippen LogP contribution in [0.2, 0.25) is 0 Å². The maximum Gasteiger partial charge on any atom is 0.160 e. The van der Waals surface area contributed by atoms with Gasteiger partial charge in [0.25, 0.3) is 0 Å². The maximum absolute atomic E-state index is 6.64. The molecule has 5 nitrogen and oxygen atoms in total. The summed E-state index contributed by atoms with van der Waals surface area (Å²) < 4.78 is 15.3. The van der Waals surface area contributed by atoms with E-state index in [9.17, 15) is 0 Å². The fourth-order valence-corrected chi connectivity index (χ4v) is 11.1. The third-order valence-electron chi connectivity index (χ3n) is 14.6. The summed E-state index contributed by atoms with van der Waals surface area (Å²) in [4.78, 5) is 10.2. The van der Waals surface area contributed by atoms with Crippen molar-refractivity contribution in [1.82, 2.24) is 4.57 Å². The predicted octanol–water partition coefficient (Wildman–Crippen LogP) is 16.2. The topological polar surface area (TPSA) is 48.1 Å². The normalized spacial score (nSPS) is 19.0. The molecule has 3 aliphatic carbocycles. The lowest BCUT2D eigenvalue weighted by Gasteiger charge is -2.24. The summed E-state index contributed by atoms with van der Waals surface area (Å²) in [6, 6.07) is 58.6. The van der Waals surface area contributed by atoms with Crippen molar-refractivity contribution in [2.45, 2.75) is 43.9 Å². The van der Waals surface area contributed by atoms with Crippen LogP contribution >= 0.6 is 0 Å². The van der Waals surface area contributed by atoms with Crippen LogP contribution in [0.3, 0.4) is 0 Å². The Morgan fingerprint density at radius 1 is 0.614 bits per heavy atom. The summed E-state index contributed by atoms with van der Waals surface area (Å²) in [5, 5.41) is 2.45. The van der Waals surface area contributed by atoms with Crippen molar-refractivity contribution in [2.75, 3.05) is 0 Å². The van der Waals surface area contributed by atoms with Crippen molar-refractivity contribution in [3.63, 3.8) is 0 Å². The van der Waals surface area contributed by atoms with Crippen LogP contribution in [0.1, 0.15) is 77.3 Å². The van der Waals surface area contributed by atoms with Gasteiger partial charge in [0.05, 0.1) is 22.6 Å². The number of fused-ring (bicyclic) bond motifs is 9. The van der Waals surface area contributed by atoms with Crippen LogP contribution in [0.5, 0.6) is 11.5 Å². The van der Waals surface area contributed by atoms with Gasteiger partial charge in [-0.1, -0.05) is 146 Å². The van der Waals surface area contributed by atoms with Gasteiger partial charge in [0.15, 0.2) is 5.84 Å². The Labute approximate surface area is 408 Å². The Bertz CT molecular complexity index is 3720. The zero-order valence-electron chi connectivity index (χ0n) is 38.9. The number of hydrogen-bond acceptors (Lipinski definition) is 3. The number of hydrogen-bond donors (Lipinski definition) is 0. The molecule has 0 amide bonds. The molecule has 3 unspecified atom stereocenters. The lowest BCUT2D eigenvalue weighted by atomic mass is 9.78. The Hall–Kier alpha value is -8.54. The molecule has 0 saturated carbocycles. The molecule has 8 aromatic rings. The minimum atomic E-state index is 0.0118. The van der Waals surface area contributed by atoms with E-state index in [0.717, 1.165) is 81.5 Å². The number of aliphatic imine (C=N–C) groups is 2. The standard InChI is InChI=1S/C65H49N3O2/c1-41(43-16-6-3-7-17-43)66-65(44-18-8-4-9-19-44)67-42(2)45-20-14-21-50(36-45)52-25-15-27-63-64(52)57-40-49(31-35-62(57)70-63)47-29-33-59-55(38-47)54-37-46(28-32-58(54)68(59)51-22-10-5-11-23-51)48-30-34-61-56(39-48)53-24-12-13-26-60(53)69-61/h4-6,8-38,40,52,56,64H,2-3,7,39H2,1H3. The maximum atomic E-state index is 6.64. The van der Waals surface area contributed by atoms with E-state index in [2.05, 4.69) is 212 Å². The minimum absolute atomic E-state index is 0.0118. The molecule has 0 N–H and O–H groups in total. The van der Waals surface area contributed by atoms with Gasteiger partial charge in [-0.05, 0) is 138 Å². The second-order valence-corrected chi connectivity index (χ2v) is 18.8. The summed E-state index contributed by atoms with van der Waals surface area (Å²) >= 11 is 0. The second-order valence-electron chi connectivity index (χ2n) is 18.8. The lowest BCUT2D eigenvalue weighted by molar-refractivity contribution is 0.416. The van der Waals surface area contributed by atoms with Gasteiger partial charge in [-0.2, -0.15) is 0 Å². The summed E-state index contributed by atoms with van der Waals surface area (Å²) in [7, 11) is 0. The number of allylic oxidation sites excluding steroid dienone is 12. The van der Waals surface area contributed by atoms with E-state index in [0.29, 0.717) is 11.5 Å². The molecule has 13 rings (SSSR count). The third kappa shape index (κ3) is 7.33. The van der Waals surface area contributed by atoms with Crippen LogP contribution in [0.4, 0.5) is 0 Å². The highest BCUT2D eigenvalue weighted by atomic mass is 16.5. The molecular weight excluding hydrogens is 855 g/mol. The Balaban J connectivity index is 0.846. The van der Waals surface area contributed by atoms with E-state index >= 15 is 0 Å². The van der Waals surface area contributed by atoms with E-state index in [1.54, 1.807) is 0 Å². The first kappa shape index (κ1) is 41.6. The van der Waals surface area contributed by atoms with Gasteiger partial charge < -0.3 is 14.0 Å². The molecule has 2 aliphatic heterocycles. The van der Waals surface area contributed by atoms with Crippen LogP contribution in [-0.4, -0.2) is 16.1 Å².